The van der Waals surface area contributed by atoms with Crippen LogP contribution in [0.15, 0.2) is 33.9 Å². The quantitative estimate of drug-likeness (QED) is 0.561. The average Bonchev–Trinajstić information content (AvgIpc) is 3.15. The van der Waals surface area contributed by atoms with Gasteiger partial charge in [-0.05, 0) is 13.0 Å². The minimum Gasteiger partial charge on any atom is -0.380 e. The molecule has 9 nitrogen and oxygen atoms in total. The number of rotatable bonds is 7. The van der Waals surface area contributed by atoms with Gasteiger partial charge < -0.3 is 14.2 Å². The van der Waals surface area contributed by atoms with E-state index in [1.54, 1.807) is 13.1 Å². The number of aryl methyl sites for hydroxylation is 1. The molecule has 4 rings (SSSR count). The van der Waals surface area contributed by atoms with Crippen LogP contribution in [0.1, 0.15) is 12.5 Å². The molecule has 31 heavy (non-hydrogen) atoms. The highest BCUT2D eigenvalue weighted by Crippen LogP contribution is 2.21. The van der Waals surface area contributed by atoms with Crippen molar-refractivity contribution in [3.8, 4) is 0 Å². The number of ether oxygens (including phenoxy) is 1. The minimum absolute atomic E-state index is 0.192. The van der Waals surface area contributed by atoms with Crippen molar-refractivity contribution in [3.05, 3.63) is 56.5 Å². The van der Waals surface area contributed by atoms with Crippen molar-refractivity contribution in [3.63, 3.8) is 0 Å². The van der Waals surface area contributed by atoms with Gasteiger partial charge >= 0.3 is 5.69 Å². The Morgan fingerprint density at radius 2 is 1.90 bits per heavy atom. The maximum atomic E-state index is 14.0. The summed E-state index contributed by atoms with van der Waals surface area (Å²) in [6, 6.07) is 6.82. The van der Waals surface area contributed by atoms with Crippen molar-refractivity contribution >= 4 is 17.1 Å². The number of nitrogens with one attached hydrogen (secondary N) is 1. The summed E-state index contributed by atoms with van der Waals surface area (Å²) in [7, 11) is 1.59. The van der Waals surface area contributed by atoms with Crippen molar-refractivity contribution in [2.24, 2.45) is 7.05 Å². The van der Waals surface area contributed by atoms with E-state index in [-0.39, 0.29) is 5.82 Å². The molecule has 10 heteroatoms. The number of imidazole rings is 1. The number of aromatic amines is 1. The van der Waals surface area contributed by atoms with E-state index in [9.17, 15) is 14.0 Å². The van der Waals surface area contributed by atoms with E-state index >= 15 is 0 Å². The van der Waals surface area contributed by atoms with E-state index in [0.717, 1.165) is 13.1 Å². The minimum atomic E-state index is -0.492. The number of piperazine rings is 1. The van der Waals surface area contributed by atoms with Gasteiger partial charge in [-0.3, -0.25) is 19.2 Å². The first-order valence-corrected chi connectivity index (χ1v) is 10.5. The Hall–Kier alpha value is -2.98. The molecule has 0 bridgehead atoms. The van der Waals surface area contributed by atoms with Gasteiger partial charge in [0.05, 0.1) is 6.61 Å². The second-order valence-corrected chi connectivity index (χ2v) is 7.61. The highest BCUT2D eigenvalue weighted by atomic mass is 19.1. The lowest BCUT2D eigenvalue weighted by atomic mass is 10.2. The van der Waals surface area contributed by atoms with Crippen LogP contribution in [0, 0.1) is 5.82 Å². The number of aromatic nitrogens is 4. The third-order valence-electron chi connectivity index (χ3n) is 5.66. The molecule has 0 amide bonds. The largest absolute Gasteiger partial charge is 0.380 e. The number of hydrogen-bond donors (Lipinski definition) is 1. The fourth-order valence-corrected chi connectivity index (χ4v) is 3.95. The van der Waals surface area contributed by atoms with Gasteiger partial charge in [-0.2, -0.15) is 4.98 Å². The molecule has 1 aliphatic rings. The standard InChI is InChI=1S/C21H27FN6O3/c1-3-31-13-12-28-17-18(25(2)21(30)24-19(17)29)23-20(28)27-10-8-26(9-11-27)14-15-6-4-5-7-16(15)22/h4-7H,3,8-14H2,1-2H3,(H,24,29,30). The van der Waals surface area contributed by atoms with Crippen molar-refractivity contribution in [2.75, 3.05) is 44.3 Å². The molecule has 3 heterocycles. The fourth-order valence-electron chi connectivity index (χ4n) is 3.95. The van der Waals surface area contributed by atoms with Crippen molar-refractivity contribution < 1.29 is 9.13 Å². The molecule has 1 aromatic carbocycles. The number of nitrogens with zero attached hydrogens (tertiary/aromatic N) is 5. The van der Waals surface area contributed by atoms with Crippen molar-refractivity contribution in [1.29, 1.82) is 0 Å². The Morgan fingerprint density at radius 3 is 2.61 bits per heavy atom. The van der Waals surface area contributed by atoms with Gasteiger partial charge in [-0.1, -0.05) is 18.2 Å². The van der Waals surface area contributed by atoms with Crippen LogP contribution in [0.25, 0.3) is 11.2 Å². The molecule has 1 aliphatic heterocycles. The third-order valence-corrected chi connectivity index (χ3v) is 5.66. The lowest BCUT2D eigenvalue weighted by Gasteiger charge is -2.35. The van der Waals surface area contributed by atoms with Crippen LogP contribution in [-0.4, -0.2) is 63.4 Å². The highest BCUT2D eigenvalue weighted by Gasteiger charge is 2.25. The van der Waals surface area contributed by atoms with Crippen LogP contribution in [-0.2, 0) is 24.9 Å². The van der Waals surface area contributed by atoms with E-state index in [1.165, 1.54) is 10.6 Å². The van der Waals surface area contributed by atoms with Gasteiger partial charge in [0.15, 0.2) is 11.2 Å². The molecule has 0 unspecified atom stereocenters. The Bertz CT molecular complexity index is 1180. The number of hydrogen-bond acceptors (Lipinski definition) is 6. The summed E-state index contributed by atoms with van der Waals surface area (Å²) in [5, 5.41) is 0. The Balaban J connectivity index is 1.59. The van der Waals surface area contributed by atoms with E-state index in [1.807, 2.05) is 23.6 Å². The number of H-pyrrole nitrogens is 1. The SMILES string of the molecule is CCOCCn1c(N2CCN(Cc3ccccc3F)CC2)nc2c1c(=O)[nH]c(=O)n2C. The van der Waals surface area contributed by atoms with Gasteiger partial charge in [-0.15, -0.1) is 0 Å². The highest BCUT2D eigenvalue weighted by molar-refractivity contribution is 5.74. The second kappa shape index (κ2) is 9.03. The number of anilines is 1. The molecule has 0 atom stereocenters. The molecule has 0 radical (unpaired) electrons. The lowest BCUT2D eigenvalue weighted by molar-refractivity contribution is 0.139. The van der Waals surface area contributed by atoms with Gasteiger partial charge in [0.1, 0.15) is 5.82 Å². The summed E-state index contributed by atoms with van der Waals surface area (Å²) in [5.41, 5.74) is 0.459. The monoisotopic (exact) mass is 430 g/mol. The van der Waals surface area contributed by atoms with E-state index in [4.69, 9.17) is 4.74 Å². The Kier molecular flexibility index (Phi) is 6.19. The van der Waals surface area contributed by atoms with Gasteiger partial charge in [-0.25, -0.2) is 9.18 Å². The molecule has 0 spiro atoms. The molecule has 166 valence electrons. The number of halogens is 1. The first-order chi connectivity index (χ1) is 15.0. The molecular weight excluding hydrogens is 403 g/mol. The molecule has 1 N–H and O–H groups in total. The van der Waals surface area contributed by atoms with Crippen LogP contribution < -0.4 is 16.1 Å². The predicted octanol–water partition coefficient (Wildman–Crippen LogP) is 0.921. The summed E-state index contributed by atoms with van der Waals surface area (Å²) < 4.78 is 22.7. The van der Waals surface area contributed by atoms with Crippen molar-refractivity contribution in [1.82, 2.24) is 24.0 Å². The summed E-state index contributed by atoms with van der Waals surface area (Å²) in [6.45, 7) is 6.76. The van der Waals surface area contributed by atoms with Gasteiger partial charge in [0.2, 0.25) is 5.95 Å². The molecule has 1 saturated heterocycles. The number of fused-ring (bicyclic) bond motifs is 1. The molecule has 0 aliphatic carbocycles. The zero-order valence-electron chi connectivity index (χ0n) is 17.8. The normalized spacial score (nSPS) is 15.1. The molecule has 3 aromatic rings. The lowest BCUT2D eigenvalue weighted by Crippen LogP contribution is -2.47. The van der Waals surface area contributed by atoms with Gasteiger partial charge in [0, 0.05) is 58.5 Å². The Morgan fingerprint density at radius 1 is 1.16 bits per heavy atom. The average molecular weight is 430 g/mol. The third kappa shape index (κ3) is 4.26. The first kappa shape index (κ1) is 21.3. The van der Waals surface area contributed by atoms with Crippen LogP contribution in [0.5, 0.6) is 0 Å². The molecule has 0 saturated carbocycles. The van der Waals surface area contributed by atoms with Crippen molar-refractivity contribution in [2.45, 2.75) is 20.0 Å². The van der Waals surface area contributed by atoms with E-state index in [2.05, 4.69) is 19.8 Å². The smallest absolute Gasteiger partial charge is 0.329 e. The fraction of sp³-hybridized carbons (Fsp3) is 0.476. The van der Waals surface area contributed by atoms with Crippen LogP contribution >= 0.6 is 0 Å². The summed E-state index contributed by atoms with van der Waals surface area (Å²) in [5.74, 6) is 0.453. The summed E-state index contributed by atoms with van der Waals surface area (Å²) in [4.78, 5) is 35.9. The molecule has 2 aromatic heterocycles. The maximum absolute atomic E-state index is 14.0. The molecular formula is C21H27FN6O3. The zero-order valence-corrected chi connectivity index (χ0v) is 17.8. The Labute approximate surface area is 178 Å². The first-order valence-electron chi connectivity index (χ1n) is 10.5. The van der Waals surface area contributed by atoms with Crippen LogP contribution in [0.4, 0.5) is 10.3 Å². The van der Waals surface area contributed by atoms with E-state index in [0.29, 0.717) is 62.1 Å². The van der Waals surface area contributed by atoms with Crippen LogP contribution in [0.3, 0.4) is 0 Å². The van der Waals surface area contributed by atoms with E-state index < -0.39 is 11.2 Å². The second-order valence-electron chi connectivity index (χ2n) is 7.61. The number of benzene rings is 1. The topological polar surface area (TPSA) is 88.4 Å². The molecule has 1 fully saturated rings. The van der Waals surface area contributed by atoms with Gasteiger partial charge in [0.25, 0.3) is 5.56 Å². The predicted molar refractivity (Wildman–Crippen MR) is 116 cm³/mol. The summed E-state index contributed by atoms with van der Waals surface area (Å²) in [6.07, 6.45) is 0. The summed E-state index contributed by atoms with van der Waals surface area (Å²) >= 11 is 0. The maximum Gasteiger partial charge on any atom is 0.329 e. The van der Waals surface area contributed by atoms with Crippen LogP contribution in [0.2, 0.25) is 0 Å². The zero-order chi connectivity index (χ0) is 22.0.